The van der Waals surface area contributed by atoms with Crippen molar-refractivity contribution in [2.45, 2.75) is 47.0 Å². The van der Waals surface area contributed by atoms with Gasteiger partial charge in [-0.05, 0) is 24.7 Å². The highest BCUT2D eigenvalue weighted by Crippen LogP contribution is 2.15. The average Bonchev–Trinajstić information content (AvgIpc) is 2.10. The van der Waals surface area contributed by atoms with Crippen molar-refractivity contribution >= 4 is 5.91 Å². The van der Waals surface area contributed by atoms with Gasteiger partial charge in [-0.2, -0.15) is 0 Å². The number of nitrogens with one attached hydrogen (secondary N) is 1. The van der Waals surface area contributed by atoms with Crippen LogP contribution in [0, 0.1) is 11.8 Å². The Balaban J connectivity index is 3.46. The molecule has 0 aromatic heterocycles. The molecule has 0 rings (SSSR count). The summed E-state index contributed by atoms with van der Waals surface area (Å²) in [6.45, 7) is 9.49. The van der Waals surface area contributed by atoms with Gasteiger partial charge in [-0.1, -0.05) is 27.7 Å². The topological polar surface area (TPSA) is 29.1 Å². The van der Waals surface area contributed by atoms with E-state index in [2.05, 4.69) is 33.0 Å². The molecule has 2 heteroatoms. The van der Waals surface area contributed by atoms with Crippen LogP contribution in [-0.4, -0.2) is 12.5 Å². The summed E-state index contributed by atoms with van der Waals surface area (Å²) in [6.07, 6.45) is 2.71. The Labute approximate surface area is 82.1 Å². The fourth-order valence-electron chi connectivity index (χ4n) is 1.04. The standard InChI is InChI=1S/C11H23NO/c1-5-8-12-11(13)7-6-10(4)9(2)3/h9-10H,5-8H2,1-4H3,(H,12,13). The van der Waals surface area contributed by atoms with Gasteiger partial charge in [0.2, 0.25) is 5.91 Å². The SMILES string of the molecule is CCCNC(=O)CCC(C)C(C)C. The third kappa shape index (κ3) is 6.62. The molecule has 0 aromatic rings. The molecule has 0 radical (unpaired) electrons. The van der Waals surface area contributed by atoms with Crippen molar-refractivity contribution in [1.29, 1.82) is 0 Å². The van der Waals surface area contributed by atoms with Crippen molar-refractivity contribution in [1.82, 2.24) is 5.32 Å². The Morgan fingerprint density at radius 2 is 1.92 bits per heavy atom. The minimum absolute atomic E-state index is 0.203. The number of carbonyl (C=O) groups is 1. The summed E-state index contributed by atoms with van der Waals surface area (Å²) in [5, 5.41) is 2.89. The lowest BCUT2D eigenvalue weighted by atomic mass is 9.93. The average molecular weight is 185 g/mol. The molecule has 1 atom stereocenters. The predicted octanol–water partition coefficient (Wildman–Crippen LogP) is 2.58. The molecule has 0 aliphatic rings. The Bertz CT molecular complexity index is 143. The monoisotopic (exact) mass is 185 g/mol. The molecule has 0 aliphatic heterocycles. The summed E-state index contributed by atoms with van der Waals surface area (Å²) in [4.78, 5) is 11.2. The third-order valence-corrected chi connectivity index (χ3v) is 2.54. The van der Waals surface area contributed by atoms with Crippen LogP contribution >= 0.6 is 0 Å². The highest BCUT2D eigenvalue weighted by Gasteiger charge is 2.09. The molecule has 13 heavy (non-hydrogen) atoms. The summed E-state index contributed by atoms with van der Waals surface area (Å²) in [5.74, 6) is 1.53. The molecule has 1 unspecified atom stereocenters. The molecular formula is C11H23NO. The molecule has 0 heterocycles. The van der Waals surface area contributed by atoms with Gasteiger partial charge in [0.05, 0.1) is 0 Å². The quantitative estimate of drug-likeness (QED) is 0.677. The van der Waals surface area contributed by atoms with E-state index >= 15 is 0 Å². The van der Waals surface area contributed by atoms with Crippen LogP contribution in [0.25, 0.3) is 0 Å². The van der Waals surface area contributed by atoms with Gasteiger partial charge < -0.3 is 5.32 Å². The molecule has 0 saturated carbocycles. The number of amides is 1. The molecule has 0 bridgehead atoms. The van der Waals surface area contributed by atoms with Crippen LogP contribution in [-0.2, 0) is 4.79 Å². The molecule has 0 saturated heterocycles. The second-order valence-corrected chi connectivity index (χ2v) is 4.11. The van der Waals surface area contributed by atoms with Gasteiger partial charge >= 0.3 is 0 Å². The van der Waals surface area contributed by atoms with Crippen LogP contribution in [0.5, 0.6) is 0 Å². The van der Waals surface area contributed by atoms with Crippen LogP contribution in [0.4, 0.5) is 0 Å². The number of rotatable bonds is 6. The highest BCUT2D eigenvalue weighted by molar-refractivity contribution is 5.75. The molecule has 0 spiro atoms. The maximum absolute atomic E-state index is 11.2. The van der Waals surface area contributed by atoms with Crippen molar-refractivity contribution in [3.05, 3.63) is 0 Å². The maximum atomic E-state index is 11.2. The van der Waals surface area contributed by atoms with E-state index in [-0.39, 0.29) is 5.91 Å². The van der Waals surface area contributed by atoms with Gasteiger partial charge in [0, 0.05) is 13.0 Å². The first-order valence-corrected chi connectivity index (χ1v) is 5.34. The summed E-state index contributed by atoms with van der Waals surface area (Å²) in [7, 11) is 0. The van der Waals surface area contributed by atoms with E-state index in [1.807, 2.05) is 0 Å². The lowest BCUT2D eigenvalue weighted by Gasteiger charge is -2.14. The smallest absolute Gasteiger partial charge is 0.220 e. The first kappa shape index (κ1) is 12.5. The van der Waals surface area contributed by atoms with Gasteiger partial charge in [-0.15, -0.1) is 0 Å². The van der Waals surface area contributed by atoms with Crippen LogP contribution in [0.15, 0.2) is 0 Å². The zero-order valence-electron chi connectivity index (χ0n) is 9.39. The van der Waals surface area contributed by atoms with Gasteiger partial charge in [0.1, 0.15) is 0 Å². The fourth-order valence-corrected chi connectivity index (χ4v) is 1.04. The lowest BCUT2D eigenvalue weighted by molar-refractivity contribution is -0.121. The Morgan fingerprint density at radius 1 is 1.31 bits per heavy atom. The molecular weight excluding hydrogens is 162 g/mol. The normalized spacial score (nSPS) is 13.0. The zero-order chi connectivity index (χ0) is 10.3. The van der Waals surface area contributed by atoms with Crippen LogP contribution in [0.1, 0.15) is 47.0 Å². The van der Waals surface area contributed by atoms with Gasteiger partial charge in [0.15, 0.2) is 0 Å². The maximum Gasteiger partial charge on any atom is 0.220 e. The van der Waals surface area contributed by atoms with E-state index in [4.69, 9.17) is 0 Å². The number of carbonyl (C=O) groups excluding carboxylic acids is 1. The van der Waals surface area contributed by atoms with Crippen LogP contribution in [0.3, 0.4) is 0 Å². The first-order chi connectivity index (χ1) is 6.07. The molecule has 1 N–H and O–H groups in total. The summed E-state index contributed by atoms with van der Waals surface area (Å²) < 4.78 is 0. The van der Waals surface area contributed by atoms with E-state index in [1.165, 1.54) is 0 Å². The van der Waals surface area contributed by atoms with Crippen molar-refractivity contribution < 1.29 is 4.79 Å². The molecule has 1 amide bonds. The third-order valence-electron chi connectivity index (χ3n) is 2.54. The molecule has 0 fully saturated rings. The van der Waals surface area contributed by atoms with E-state index in [9.17, 15) is 4.79 Å². The van der Waals surface area contributed by atoms with E-state index in [1.54, 1.807) is 0 Å². The molecule has 2 nitrogen and oxygen atoms in total. The number of hydrogen-bond donors (Lipinski definition) is 1. The van der Waals surface area contributed by atoms with Gasteiger partial charge in [0.25, 0.3) is 0 Å². The van der Waals surface area contributed by atoms with Gasteiger partial charge in [-0.3, -0.25) is 4.79 Å². The summed E-state index contributed by atoms with van der Waals surface area (Å²) >= 11 is 0. The Morgan fingerprint density at radius 3 is 2.38 bits per heavy atom. The van der Waals surface area contributed by atoms with Crippen LogP contribution < -0.4 is 5.32 Å². The minimum atomic E-state index is 0.203. The Kier molecular flexibility index (Phi) is 6.65. The van der Waals surface area contributed by atoms with E-state index in [0.29, 0.717) is 18.3 Å². The molecule has 0 aromatic carbocycles. The van der Waals surface area contributed by atoms with Crippen molar-refractivity contribution in [3.63, 3.8) is 0 Å². The second-order valence-electron chi connectivity index (χ2n) is 4.11. The highest BCUT2D eigenvalue weighted by atomic mass is 16.1. The van der Waals surface area contributed by atoms with Crippen molar-refractivity contribution in [2.24, 2.45) is 11.8 Å². The van der Waals surface area contributed by atoms with E-state index < -0.39 is 0 Å². The van der Waals surface area contributed by atoms with Crippen molar-refractivity contribution in [2.75, 3.05) is 6.54 Å². The van der Waals surface area contributed by atoms with Crippen LogP contribution in [0.2, 0.25) is 0 Å². The van der Waals surface area contributed by atoms with Gasteiger partial charge in [-0.25, -0.2) is 0 Å². The summed E-state index contributed by atoms with van der Waals surface area (Å²) in [6, 6.07) is 0. The van der Waals surface area contributed by atoms with E-state index in [0.717, 1.165) is 19.4 Å². The summed E-state index contributed by atoms with van der Waals surface area (Å²) in [5.41, 5.74) is 0. The fraction of sp³-hybridized carbons (Fsp3) is 0.909. The second kappa shape index (κ2) is 6.93. The number of hydrogen-bond acceptors (Lipinski definition) is 1. The van der Waals surface area contributed by atoms with Crippen molar-refractivity contribution in [3.8, 4) is 0 Å². The largest absolute Gasteiger partial charge is 0.356 e. The predicted molar refractivity (Wildman–Crippen MR) is 56.5 cm³/mol. The first-order valence-electron chi connectivity index (χ1n) is 5.34. The Hall–Kier alpha value is -0.530. The molecule has 0 aliphatic carbocycles. The lowest BCUT2D eigenvalue weighted by Crippen LogP contribution is -2.24. The molecule has 78 valence electrons. The minimum Gasteiger partial charge on any atom is -0.356 e. The zero-order valence-corrected chi connectivity index (χ0v) is 9.39.